The first-order chi connectivity index (χ1) is 10.3. The minimum atomic E-state index is 0.539. The Hall–Kier alpha value is -1.62. The molecule has 0 unspecified atom stereocenters. The Bertz CT molecular complexity index is 645. The maximum absolute atomic E-state index is 5.92. The zero-order chi connectivity index (χ0) is 14.7. The molecule has 0 fully saturated rings. The first kappa shape index (κ1) is 14.3. The van der Waals surface area contributed by atoms with Crippen LogP contribution in [-0.4, -0.2) is 16.5 Å². The molecular formula is C16H18BrN3O. The van der Waals surface area contributed by atoms with Crippen LogP contribution in [0.4, 0.5) is 5.82 Å². The monoisotopic (exact) mass is 347 g/mol. The van der Waals surface area contributed by atoms with E-state index in [9.17, 15) is 0 Å². The molecule has 21 heavy (non-hydrogen) atoms. The zero-order valence-corrected chi connectivity index (χ0v) is 13.6. The number of anilines is 1. The van der Waals surface area contributed by atoms with Crippen molar-refractivity contribution >= 4 is 21.7 Å². The fourth-order valence-corrected chi connectivity index (χ4v) is 3.03. The first-order valence-corrected chi connectivity index (χ1v) is 8.11. The lowest BCUT2D eigenvalue weighted by atomic mass is 9.92. The van der Waals surface area contributed by atoms with Gasteiger partial charge in [0.25, 0.3) is 0 Å². The van der Waals surface area contributed by atoms with E-state index in [1.165, 1.54) is 36.7 Å². The summed E-state index contributed by atoms with van der Waals surface area (Å²) in [6.07, 6.45) is 6.38. The van der Waals surface area contributed by atoms with E-state index in [1.54, 1.807) is 0 Å². The lowest BCUT2D eigenvalue weighted by Gasteiger charge is -2.17. The molecule has 0 spiro atoms. The average Bonchev–Trinajstić information content (AvgIpc) is 2.51. The van der Waals surface area contributed by atoms with E-state index < -0.39 is 0 Å². The Morgan fingerprint density at radius 1 is 1.19 bits per heavy atom. The SMILES string of the molecule is CCNc1ncnc(Oc2ccc3c(c2)CCCC3)c1Br. The van der Waals surface area contributed by atoms with Crippen molar-refractivity contribution in [1.29, 1.82) is 0 Å². The van der Waals surface area contributed by atoms with Crippen LogP contribution < -0.4 is 10.1 Å². The summed E-state index contributed by atoms with van der Waals surface area (Å²) < 4.78 is 6.68. The highest BCUT2D eigenvalue weighted by Gasteiger charge is 2.13. The topological polar surface area (TPSA) is 47.0 Å². The van der Waals surface area contributed by atoms with Gasteiger partial charge in [-0.05, 0) is 71.8 Å². The Balaban J connectivity index is 1.85. The summed E-state index contributed by atoms with van der Waals surface area (Å²) in [6, 6.07) is 6.33. The van der Waals surface area contributed by atoms with Gasteiger partial charge in [0.05, 0.1) is 0 Å². The molecule has 0 bridgehead atoms. The first-order valence-electron chi connectivity index (χ1n) is 7.32. The number of hydrogen-bond donors (Lipinski definition) is 1. The van der Waals surface area contributed by atoms with Gasteiger partial charge in [0.15, 0.2) is 0 Å². The highest BCUT2D eigenvalue weighted by molar-refractivity contribution is 9.10. The number of fused-ring (bicyclic) bond motifs is 1. The number of aryl methyl sites for hydroxylation is 2. The highest BCUT2D eigenvalue weighted by Crippen LogP contribution is 2.33. The van der Waals surface area contributed by atoms with Crippen LogP contribution in [0.2, 0.25) is 0 Å². The Kier molecular flexibility index (Phi) is 4.39. The molecule has 1 aromatic heterocycles. The molecule has 4 nitrogen and oxygen atoms in total. The Morgan fingerprint density at radius 3 is 2.81 bits per heavy atom. The van der Waals surface area contributed by atoms with E-state index in [4.69, 9.17) is 4.74 Å². The van der Waals surface area contributed by atoms with E-state index in [1.807, 2.05) is 13.0 Å². The van der Waals surface area contributed by atoms with E-state index in [-0.39, 0.29) is 0 Å². The normalized spacial score (nSPS) is 13.6. The molecule has 0 saturated heterocycles. The molecule has 3 rings (SSSR count). The number of ether oxygens (including phenoxy) is 1. The quantitative estimate of drug-likeness (QED) is 0.893. The van der Waals surface area contributed by atoms with Gasteiger partial charge < -0.3 is 10.1 Å². The molecule has 0 radical (unpaired) electrons. The third-order valence-corrected chi connectivity index (χ3v) is 4.35. The zero-order valence-electron chi connectivity index (χ0n) is 12.0. The Labute approximate surface area is 133 Å². The number of hydrogen-bond acceptors (Lipinski definition) is 4. The van der Waals surface area contributed by atoms with Crippen molar-refractivity contribution in [2.24, 2.45) is 0 Å². The number of halogens is 1. The number of benzene rings is 1. The molecule has 1 heterocycles. The van der Waals surface area contributed by atoms with Crippen LogP contribution in [-0.2, 0) is 12.8 Å². The second-order valence-electron chi connectivity index (χ2n) is 5.11. The molecule has 1 aliphatic carbocycles. The summed E-state index contributed by atoms with van der Waals surface area (Å²) in [4.78, 5) is 8.40. The van der Waals surface area contributed by atoms with E-state index >= 15 is 0 Å². The summed E-state index contributed by atoms with van der Waals surface area (Å²) in [5.74, 6) is 2.12. The molecule has 1 aromatic carbocycles. The van der Waals surface area contributed by atoms with Crippen LogP contribution in [0.15, 0.2) is 29.0 Å². The molecular weight excluding hydrogens is 330 g/mol. The van der Waals surface area contributed by atoms with Crippen LogP contribution >= 0.6 is 15.9 Å². The van der Waals surface area contributed by atoms with E-state index in [0.29, 0.717) is 5.88 Å². The predicted molar refractivity (Wildman–Crippen MR) is 87.1 cm³/mol. The van der Waals surface area contributed by atoms with E-state index in [0.717, 1.165) is 29.0 Å². The molecule has 5 heteroatoms. The molecule has 0 atom stereocenters. The average molecular weight is 348 g/mol. The van der Waals surface area contributed by atoms with Gasteiger partial charge in [-0.2, -0.15) is 0 Å². The van der Waals surface area contributed by atoms with Gasteiger partial charge in [-0.15, -0.1) is 0 Å². The highest BCUT2D eigenvalue weighted by atomic mass is 79.9. The van der Waals surface area contributed by atoms with Gasteiger partial charge >= 0.3 is 0 Å². The van der Waals surface area contributed by atoms with Gasteiger partial charge in [0, 0.05) is 6.54 Å². The standard InChI is InChI=1S/C16H18BrN3O/c1-2-18-15-14(17)16(20-10-19-15)21-13-8-7-11-5-3-4-6-12(11)9-13/h7-10H,2-6H2,1H3,(H,18,19,20). The summed E-state index contributed by atoms with van der Waals surface area (Å²) in [5, 5.41) is 3.17. The van der Waals surface area contributed by atoms with E-state index in [2.05, 4.69) is 43.3 Å². The van der Waals surface area contributed by atoms with Crippen LogP contribution in [0, 0.1) is 0 Å². The van der Waals surface area contributed by atoms with Crippen LogP contribution in [0.1, 0.15) is 30.9 Å². The van der Waals surface area contributed by atoms with Crippen LogP contribution in [0.5, 0.6) is 11.6 Å². The summed E-state index contributed by atoms with van der Waals surface area (Å²) in [6.45, 7) is 2.83. The van der Waals surface area contributed by atoms with Gasteiger partial charge in [-0.1, -0.05) is 6.07 Å². The predicted octanol–water partition coefficient (Wildman–Crippen LogP) is 4.34. The number of rotatable bonds is 4. The van der Waals surface area contributed by atoms with Crippen molar-refractivity contribution in [3.8, 4) is 11.6 Å². The van der Waals surface area contributed by atoms with Crippen molar-refractivity contribution in [3.05, 3.63) is 40.1 Å². The summed E-state index contributed by atoms with van der Waals surface area (Å²) >= 11 is 3.50. The third-order valence-electron chi connectivity index (χ3n) is 3.64. The molecule has 0 saturated carbocycles. The fraction of sp³-hybridized carbons (Fsp3) is 0.375. The van der Waals surface area contributed by atoms with Crippen molar-refractivity contribution in [3.63, 3.8) is 0 Å². The van der Waals surface area contributed by atoms with Crippen LogP contribution in [0.3, 0.4) is 0 Å². The molecule has 110 valence electrons. The molecule has 1 aliphatic rings. The van der Waals surface area contributed by atoms with Gasteiger partial charge in [-0.3, -0.25) is 0 Å². The third kappa shape index (κ3) is 3.18. The maximum Gasteiger partial charge on any atom is 0.238 e. The molecule has 1 N–H and O–H groups in total. The van der Waals surface area contributed by atoms with Crippen molar-refractivity contribution in [1.82, 2.24) is 9.97 Å². The summed E-state index contributed by atoms with van der Waals surface area (Å²) in [5.41, 5.74) is 2.85. The molecule has 0 amide bonds. The summed E-state index contributed by atoms with van der Waals surface area (Å²) in [7, 11) is 0. The van der Waals surface area contributed by atoms with Crippen molar-refractivity contribution in [2.75, 3.05) is 11.9 Å². The lowest BCUT2D eigenvalue weighted by Crippen LogP contribution is -2.04. The lowest BCUT2D eigenvalue weighted by molar-refractivity contribution is 0.457. The number of nitrogens with one attached hydrogen (secondary N) is 1. The van der Waals surface area contributed by atoms with Crippen LogP contribution in [0.25, 0.3) is 0 Å². The largest absolute Gasteiger partial charge is 0.438 e. The number of nitrogens with zero attached hydrogens (tertiary/aromatic N) is 2. The van der Waals surface area contributed by atoms with Crippen molar-refractivity contribution < 1.29 is 4.74 Å². The van der Waals surface area contributed by atoms with Gasteiger partial charge in [-0.25, -0.2) is 9.97 Å². The molecule has 0 aliphatic heterocycles. The second kappa shape index (κ2) is 6.43. The smallest absolute Gasteiger partial charge is 0.238 e. The Morgan fingerprint density at radius 2 is 2.00 bits per heavy atom. The second-order valence-corrected chi connectivity index (χ2v) is 5.90. The van der Waals surface area contributed by atoms with Crippen molar-refractivity contribution in [2.45, 2.75) is 32.6 Å². The minimum absolute atomic E-state index is 0.539. The fourth-order valence-electron chi connectivity index (χ4n) is 2.60. The number of aromatic nitrogens is 2. The van der Waals surface area contributed by atoms with Gasteiger partial charge in [0.1, 0.15) is 22.4 Å². The maximum atomic E-state index is 5.92. The van der Waals surface area contributed by atoms with Gasteiger partial charge in [0.2, 0.25) is 5.88 Å². The molecule has 2 aromatic rings. The minimum Gasteiger partial charge on any atom is -0.438 e.